The second-order valence-electron chi connectivity index (χ2n) is 45.3. The van der Waals surface area contributed by atoms with Crippen molar-refractivity contribution in [2.24, 2.45) is 0 Å². The van der Waals surface area contributed by atoms with E-state index in [1.807, 2.05) is 0 Å². The summed E-state index contributed by atoms with van der Waals surface area (Å²) in [7, 11) is 1.63. The van der Waals surface area contributed by atoms with Gasteiger partial charge in [-0.2, -0.15) is 0 Å². The highest BCUT2D eigenvalue weighted by molar-refractivity contribution is 6.08. The molecule has 0 spiro atoms. The first kappa shape index (κ1) is 139. The standard InChI is InChI=1S/C135H244N2O13/c1-8-14-20-26-32-38-44-50-56-62-68-74-80-86-92-98-104-144-127-116-122(117-128(145-105-99-93-87-81-75-69-63-57-51-45-39-33-27-21-15-9-2)131(127)148-108-102-96-90-84-78-72-66-60-54-48-42-36-30-24-18-12-5)133(138)136-125-114-124(135(140)150-121-143-113-112-142-111-110-141-7)115-126(120-125)137-134(139)123-118-129(146-106-100-94-88-82-76-70-64-58-52-46-40-34-28-22-16-10-3)132(149-109-103-97-91-85-79-73-67-61-55-49-43-37-31-25-19-13-6)130(119-123)147-107-101-95-89-83-77-71-65-59-53-47-41-35-29-23-17-11-4/h114-120H,8-113,121H2,1-7H3,(H,136,138)(H,137,139). The van der Waals surface area contributed by atoms with Gasteiger partial charge in [0.05, 0.1) is 71.6 Å². The summed E-state index contributed by atoms with van der Waals surface area (Å²) in [6, 6.07) is 12.1. The van der Waals surface area contributed by atoms with Crippen LogP contribution in [0.2, 0.25) is 0 Å². The molecule has 0 saturated heterocycles. The van der Waals surface area contributed by atoms with E-state index < -0.39 is 17.8 Å². The Hall–Kier alpha value is -5.25. The van der Waals surface area contributed by atoms with Gasteiger partial charge in [-0.25, -0.2) is 4.79 Å². The summed E-state index contributed by atoms with van der Waals surface area (Å²) in [6.07, 6.45) is 123. The molecule has 872 valence electrons. The summed E-state index contributed by atoms with van der Waals surface area (Å²) in [4.78, 5) is 45.6. The molecule has 0 aliphatic heterocycles. The van der Waals surface area contributed by atoms with Gasteiger partial charge in [-0.05, 0) is 81.0 Å². The molecule has 3 aromatic carbocycles. The Morgan fingerprint density at radius 3 is 0.533 bits per heavy atom. The van der Waals surface area contributed by atoms with Crippen molar-refractivity contribution in [3.8, 4) is 34.5 Å². The van der Waals surface area contributed by atoms with Crippen molar-refractivity contribution < 1.29 is 61.8 Å². The van der Waals surface area contributed by atoms with Crippen LogP contribution in [0.4, 0.5) is 11.4 Å². The molecule has 0 aliphatic carbocycles. The summed E-state index contributed by atoms with van der Waals surface area (Å²) < 4.78 is 63.7. The van der Waals surface area contributed by atoms with Crippen molar-refractivity contribution >= 4 is 29.2 Å². The summed E-state index contributed by atoms with van der Waals surface area (Å²) in [6.45, 7) is 17.6. The first-order valence-corrected chi connectivity index (χ1v) is 65.9. The van der Waals surface area contributed by atoms with E-state index in [0.717, 1.165) is 103 Å². The number of rotatable bonds is 121. The Kier molecular flexibility index (Phi) is 102. The second-order valence-corrected chi connectivity index (χ2v) is 45.3. The predicted molar refractivity (Wildman–Crippen MR) is 644 cm³/mol. The quantitative estimate of drug-likeness (QED) is 0.0312. The van der Waals surface area contributed by atoms with Gasteiger partial charge in [0.1, 0.15) is 0 Å². The van der Waals surface area contributed by atoms with E-state index in [-0.39, 0.29) is 36.9 Å². The van der Waals surface area contributed by atoms with Gasteiger partial charge in [-0.3, -0.25) is 9.59 Å². The fourth-order valence-electron chi connectivity index (χ4n) is 21.0. The van der Waals surface area contributed by atoms with Gasteiger partial charge in [0, 0.05) is 29.6 Å². The minimum Gasteiger partial charge on any atom is -0.490 e. The van der Waals surface area contributed by atoms with Crippen molar-refractivity contribution in [3.05, 3.63) is 59.2 Å². The van der Waals surface area contributed by atoms with E-state index in [9.17, 15) is 4.79 Å². The van der Waals surface area contributed by atoms with Crippen molar-refractivity contribution in [2.75, 3.05) is 90.6 Å². The van der Waals surface area contributed by atoms with Crippen LogP contribution in [0.5, 0.6) is 34.5 Å². The molecule has 2 N–H and O–H groups in total. The van der Waals surface area contributed by atoms with Crippen LogP contribution in [0.25, 0.3) is 0 Å². The van der Waals surface area contributed by atoms with Gasteiger partial charge in [0.2, 0.25) is 11.5 Å². The molecule has 0 bridgehead atoms. The average Bonchev–Trinajstić information content (AvgIpc) is 0.807. The zero-order valence-corrected chi connectivity index (χ0v) is 100. The predicted octanol–water partition coefficient (Wildman–Crippen LogP) is 43.8. The lowest BCUT2D eigenvalue weighted by atomic mass is 10.0. The van der Waals surface area contributed by atoms with Crippen molar-refractivity contribution in [3.63, 3.8) is 0 Å². The minimum absolute atomic E-state index is 0.0926. The van der Waals surface area contributed by atoms with Crippen LogP contribution in [0.15, 0.2) is 42.5 Å². The number of carbonyl (C=O) groups excluding carboxylic acids is 3. The van der Waals surface area contributed by atoms with Gasteiger partial charge in [0.25, 0.3) is 11.8 Å². The third kappa shape index (κ3) is 85.9. The van der Waals surface area contributed by atoms with E-state index in [0.29, 0.717) is 98.5 Å². The molecule has 15 heteroatoms. The average molecular weight is 2100 g/mol. The highest BCUT2D eigenvalue weighted by atomic mass is 16.7. The lowest BCUT2D eigenvalue weighted by Crippen LogP contribution is -2.17. The normalized spacial score (nSPS) is 11.5. The van der Waals surface area contributed by atoms with Crippen LogP contribution in [-0.2, 0) is 18.9 Å². The highest BCUT2D eigenvalue weighted by Crippen LogP contribution is 2.43. The first-order chi connectivity index (χ1) is 74.2. The van der Waals surface area contributed by atoms with Crippen LogP contribution in [0.1, 0.15) is 689 Å². The van der Waals surface area contributed by atoms with E-state index in [1.165, 1.54) is 514 Å². The topological polar surface area (TPSA) is 168 Å². The van der Waals surface area contributed by atoms with E-state index >= 15 is 9.59 Å². The number of carbonyl (C=O) groups is 3. The number of unbranched alkanes of at least 4 members (excludes halogenated alkanes) is 90. The van der Waals surface area contributed by atoms with Gasteiger partial charge < -0.3 is 58.0 Å². The molecule has 3 aromatic rings. The number of ether oxygens (including phenoxy) is 10. The largest absolute Gasteiger partial charge is 0.490 e. The number of nitrogens with one attached hydrogen (secondary N) is 2. The maximum absolute atomic E-state index is 15.5. The summed E-state index contributed by atoms with van der Waals surface area (Å²) >= 11 is 0. The molecule has 0 heterocycles. The van der Waals surface area contributed by atoms with Gasteiger partial charge in [-0.1, -0.05) is 619 Å². The molecule has 150 heavy (non-hydrogen) atoms. The van der Waals surface area contributed by atoms with Crippen LogP contribution in [0.3, 0.4) is 0 Å². The Bertz CT molecular complexity index is 3070. The van der Waals surface area contributed by atoms with Crippen LogP contribution in [0, 0.1) is 0 Å². The summed E-state index contributed by atoms with van der Waals surface area (Å²) in [5.41, 5.74) is 1.23. The Morgan fingerprint density at radius 1 is 0.180 bits per heavy atom. The molecular weight excluding hydrogens is 1860 g/mol. The van der Waals surface area contributed by atoms with Crippen LogP contribution < -0.4 is 39.1 Å². The zero-order valence-electron chi connectivity index (χ0n) is 100. The maximum Gasteiger partial charge on any atom is 0.340 e. The molecule has 0 fully saturated rings. The smallest absolute Gasteiger partial charge is 0.340 e. The van der Waals surface area contributed by atoms with Crippen molar-refractivity contribution in [1.82, 2.24) is 0 Å². The number of hydrogen-bond acceptors (Lipinski definition) is 13. The molecule has 0 aliphatic rings. The van der Waals surface area contributed by atoms with Crippen LogP contribution in [-0.4, -0.2) is 97.8 Å². The molecular formula is C135H244N2O13. The summed E-state index contributed by atoms with van der Waals surface area (Å²) in [5.74, 6) is 1.39. The Labute approximate surface area is 927 Å². The lowest BCUT2D eigenvalue weighted by Gasteiger charge is -2.19. The Balaban J connectivity index is 2.10. The number of esters is 1. The number of benzene rings is 3. The van der Waals surface area contributed by atoms with Gasteiger partial charge >= 0.3 is 5.97 Å². The second kappa shape index (κ2) is 111. The third-order valence-corrected chi connectivity index (χ3v) is 30.8. The highest BCUT2D eigenvalue weighted by Gasteiger charge is 2.25. The number of amides is 2. The van der Waals surface area contributed by atoms with E-state index in [2.05, 4.69) is 52.2 Å². The van der Waals surface area contributed by atoms with Gasteiger partial charge in [0.15, 0.2) is 29.8 Å². The molecule has 0 atom stereocenters. The molecule has 0 saturated carbocycles. The zero-order chi connectivity index (χ0) is 107. The fraction of sp³-hybridized carbons (Fsp3) is 0.844. The molecule has 15 nitrogen and oxygen atoms in total. The monoisotopic (exact) mass is 2100 g/mol. The van der Waals surface area contributed by atoms with Crippen molar-refractivity contribution in [1.29, 1.82) is 0 Å². The Morgan fingerprint density at radius 2 is 0.347 bits per heavy atom. The molecule has 0 radical (unpaired) electrons. The number of methoxy groups -OCH3 is 1. The van der Waals surface area contributed by atoms with E-state index in [4.69, 9.17) is 47.4 Å². The van der Waals surface area contributed by atoms with E-state index in [1.54, 1.807) is 49.6 Å². The molecule has 3 rings (SSSR count). The van der Waals surface area contributed by atoms with Crippen molar-refractivity contribution in [2.45, 2.75) is 658 Å². The molecule has 2 amide bonds. The minimum atomic E-state index is -0.706. The maximum atomic E-state index is 15.5. The summed E-state index contributed by atoms with van der Waals surface area (Å²) in [5, 5.41) is 6.37. The number of anilines is 2. The van der Waals surface area contributed by atoms with Gasteiger partial charge in [-0.15, -0.1) is 0 Å². The number of hydrogen-bond donors (Lipinski definition) is 2. The van der Waals surface area contributed by atoms with Crippen LogP contribution >= 0.6 is 0 Å². The fourth-order valence-corrected chi connectivity index (χ4v) is 21.0. The molecule has 0 unspecified atom stereocenters. The lowest BCUT2D eigenvalue weighted by molar-refractivity contribution is -0.0508. The molecule has 0 aromatic heterocycles. The SMILES string of the molecule is CCCCCCCCCCCCCCCCCCOc1cc(C(=O)Nc2cc(NC(=O)c3cc(OCCCCCCCCCCCCCCCCCC)c(OCCCCCCCCCCCCCCCCCC)c(OCCCCCCCCCCCCCCCCCC)c3)cc(C(=O)OCOCCOCCOC)c2)cc(OCCCCCCCCCCCCCCCCCC)c1OCCCCCCCCCCCCCCCCCC. The first-order valence-electron chi connectivity index (χ1n) is 65.9. The third-order valence-electron chi connectivity index (χ3n) is 30.8.